The topological polar surface area (TPSA) is 94.1 Å². The number of rotatable bonds is 4. The van der Waals surface area contributed by atoms with Gasteiger partial charge in [0.25, 0.3) is 0 Å². The van der Waals surface area contributed by atoms with E-state index in [0.29, 0.717) is 32.1 Å². The van der Waals surface area contributed by atoms with E-state index in [0.717, 1.165) is 25.7 Å². The Morgan fingerprint density at radius 2 is 1.83 bits per heavy atom. The molecule has 0 spiro atoms. The summed E-state index contributed by atoms with van der Waals surface area (Å²) in [5.74, 6) is 0.316. The molecule has 9 nitrogen and oxygen atoms in total. The summed E-state index contributed by atoms with van der Waals surface area (Å²) in [5.41, 5.74) is -0.546. The number of piperidine rings is 2. The lowest BCUT2D eigenvalue weighted by atomic mass is 9.95. The van der Waals surface area contributed by atoms with Crippen molar-refractivity contribution in [2.24, 2.45) is 5.92 Å². The highest BCUT2D eigenvalue weighted by Gasteiger charge is 2.35. The minimum absolute atomic E-state index is 0.0804. The van der Waals surface area contributed by atoms with Crippen molar-refractivity contribution < 1.29 is 23.8 Å². The average molecular weight is 421 g/mol. The Balaban J connectivity index is 1.57. The molecule has 166 valence electrons. The summed E-state index contributed by atoms with van der Waals surface area (Å²) in [7, 11) is 1.50. The van der Waals surface area contributed by atoms with Crippen molar-refractivity contribution in [3.63, 3.8) is 0 Å². The fourth-order valence-corrected chi connectivity index (χ4v) is 3.82. The third-order valence-corrected chi connectivity index (χ3v) is 5.19. The van der Waals surface area contributed by atoms with Crippen molar-refractivity contribution >= 4 is 12.0 Å². The molecule has 0 bridgehead atoms. The van der Waals surface area contributed by atoms with Crippen LogP contribution in [0.15, 0.2) is 12.3 Å². The molecule has 0 saturated carbocycles. The number of aromatic nitrogens is 2. The van der Waals surface area contributed by atoms with Crippen LogP contribution in [-0.2, 0) is 9.53 Å². The van der Waals surface area contributed by atoms with Gasteiger partial charge in [0.15, 0.2) is 0 Å². The van der Waals surface area contributed by atoms with Gasteiger partial charge in [0.2, 0.25) is 11.8 Å². The third kappa shape index (κ3) is 5.96. The normalized spacial score (nSPS) is 22.4. The third-order valence-electron chi connectivity index (χ3n) is 5.19. The van der Waals surface area contributed by atoms with E-state index in [9.17, 15) is 9.59 Å². The molecule has 9 heteroatoms. The number of hydrogen-bond donors (Lipinski definition) is 0. The standard InChI is InChI=1S/C21H32N4O5/c1-21(2,3)30-20(27)25-12-5-7-15(13-25)18(26)24-11-6-8-16(14-24)29-17-9-10-22-19(23-17)28-4/h9-10,15-16H,5-8,11-14H2,1-4H3. The van der Waals surface area contributed by atoms with Crippen LogP contribution in [0.3, 0.4) is 0 Å². The van der Waals surface area contributed by atoms with E-state index in [-0.39, 0.29) is 30.0 Å². The maximum atomic E-state index is 13.2. The highest BCUT2D eigenvalue weighted by Crippen LogP contribution is 2.24. The van der Waals surface area contributed by atoms with Crippen LogP contribution in [0.1, 0.15) is 46.5 Å². The minimum Gasteiger partial charge on any atom is -0.472 e. The first-order valence-electron chi connectivity index (χ1n) is 10.6. The van der Waals surface area contributed by atoms with Gasteiger partial charge in [-0.3, -0.25) is 4.79 Å². The van der Waals surface area contributed by atoms with Gasteiger partial charge in [-0.1, -0.05) is 0 Å². The largest absolute Gasteiger partial charge is 0.472 e. The number of carbonyl (C=O) groups is 2. The fraction of sp³-hybridized carbons (Fsp3) is 0.714. The zero-order chi connectivity index (χ0) is 21.7. The van der Waals surface area contributed by atoms with E-state index < -0.39 is 5.60 Å². The SMILES string of the molecule is COc1nccc(OC2CCCN(C(=O)C3CCCN(C(=O)OC(C)(C)C)C3)C2)n1. The summed E-state index contributed by atoms with van der Waals surface area (Å²) in [6, 6.07) is 1.93. The second-order valence-corrected chi connectivity index (χ2v) is 8.81. The molecule has 0 aromatic carbocycles. The van der Waals surface area contributed by atoms with E-state index in [1.807, 2.05) is 25.7 Å². The Kier molecular flexibility index (Phi) is 6.99. The molecule has 3 rings (SSSR count). The van der Waals surface area contributed by atoms with Gasteiger partial charge in [-0.15, -0.1) is 0 Å². The van der Waals surface area contributed by atoms with Crippen LogP contribution < -0.4 is 9.47 Å². The molecule has 1 aromatic rings. The Hall–Kier alpha value is -2.58. The van der Waals surface area contributed by atoms with Crippen LogP contribution in [-0.4, -0.2) is 76.8 Å². The predicted octanol–water partition coefficient (Wildman–Crippen LogP) is 2.50. The predicted molar refractivity (Wildman–Crippen MR) is 109 cm³/mol. The number of carbonyl (C=O) groups excluding carboxylic acids is 2. The highest BCUT2D eigenvalue weighted by molar-refractivity contribution is 5.80. The van der Waals surface area contributed by atoms with E-state index in [2.05, 4.69) is 9.97 Å². The van der Waals surface area contributed by atoms with Crippen molar-refractivity contribution in [3.05, 3.63) is 12.3 Å². The molecule has 0 radical (unpaired) electrons. The van der Waals surface area contributed by atoms with Crippen molar-refractivity contribution in [3.8, 4) is 11.9 Å². The lowest BCUT2D eigenvalue weighted by Crippen LogP contribution is -2.51. The maximum Gasteiger partial charge on any atom is 0.410 e. The second kappa shape index (κ2) is 9.49. The molecule has 0 N–H and O–H groups in total. The molecule has 2 amide bonds. The summed E-state index contributed by atoms with van der Waals surface area (Å²) < 4.78 is 16.5. The van der Waals surface area contributed by atoms with E-state index >= 15 is 0 Å². The smallest absolute Gasteiger partial charge is 0.410 e. The van der Waals surface area contributed by atoms with Gasteiger partial charge < -0.3 is 24.0 Å². The Labute approximate surface area is 177 Å². The first-order valence-corrected chi connectivity index (χ1v) is 10.6. The lowest BCUT2D eigenvalue weighted by molar-refractivity contribution is -0.139. The molecule has 2 aliphatic rings. The van der Waals surface area contributed by atoms with Crippen LogP contribution >= 0.6 is 0 Å². The average Bonchev–Trinajstić information content (AvgIpc) is 2.72. The van der Waals surface area contributed by atoms with Crippen LogP contribution in [0.25, 0.3) is 0 Å². The van der Waals surface area contributed by atoms with Gasteiger partial charge in [0.1, 0.15) is 11.7 Å². The number of nitrogens with zero attached hydrogens (tertiary/aromatic N) is 4. The molecule has 2 aliphatic heterocycles. The summed E-state index contributed by atoms with van der Waals surface area (Å²) >= 11 is 0. The minimum atomic E-state index is -0.546. The van der Waals surface area contributed by atoms with E-state index in [1.54, 1.807) is 17.2 Å². The molecule has 2 unspecified atom stereocenters. The first-order chi connectivity index (χ1) is 14.2. The Bertz CT molecular complexity index is 751. The van der Waals surface area contributed by atoms with Gasteiger partial charge >= 0.3 is 12.1 Å². The van der Waals surface area contributed by atoms with Gasteiger partial charge in [-0.25, -0.2) is 9.78 Å². The first kappa shape index (κ1) is 22.1. The van der Waals surface area contributed by atoms with Crippen molar-refractivity contribution in [1.82, 2.24) is 19.8 Å². The number of hydrogen-bond acceptors (Lipinski definition) is 7. The van der Waals surface area contributed by atoms with Crippen LogP contribution in [0.2, 0.25) is 0 Å². The van der Waals surface area contributed by atoms with E-state index in [1.165, 1.54) is 7.11 Å². The van der Waals surface area contributed by atoms with Gasteiger partial charge in [0, 0.05) is 31.9 Å². The molecule has 3 heterocycles. The van der Waals surface area contributed by atoms with Crippen molar-refractivity contribution in [1.29, 1.82) is 0 Å². The lowest BCUT2D eigenvalue weighted by Gasteiger charge is -2.38. The zero-order valence-corrected chi connectivity index (χ0v) is 18.3. The van der Waals surface area contributed by atoms with Gasteiger partial charge in [0.05, 0.1) is 19.6 Å². The fourth-order valence-electron chi connectivity index (χ4n) is 3.82. The molecule has 30 heavy (non-hydrogen) atoms. The summed E-state index contributed by atoms with van der Waals surface area (Å²) in [6.45, 7) is 7.78. The number of amides is 2. The summed E-state index contributed by atoms with van der Waals surface area (Å²) in [5, 5.41) is 0. The van der Waals surface area contributed by atoms with Gasteiger partial charge in [-0.2, -0.15) is 4.98 Å². The molecule has 2 atom stereocenters. The van der Waals surface area contributed by atoms with Crippen molar-refractivity contribution in [2.45, 2.75) is 58.2 Å². The molecule has 0 aliphatic carbocycles. The molecular weight excluding hydrogens is 388 g/mol. The molecule has 1 aromatic heterocycles. The highest BCUT2D eigenvalue weighted by atomic mass is 16.6. The second-order valence-electron chi connectivity index (χ2n) is 8.81. The molecule has 2 saturated heterocycles. The monoisotopic (exact) mass is 420 g/mol. The maximum absolute atomic E-state index is 13.2. The number of likely N-dealkylation sites (tertiary alicyclic amines) is 2. The zero-order valence-electron chi connectivity index (χ0n) is 18.3. The van der Waals surface area contributed by atoms with Crippen LogP contribution in [0, 0.1) is 5.92 Å². The molecule has 2 fully saturated rings. The van der Waals surface area contributed by atoms with E-state index in [4.69, 9.17) is 14.2 Å². The number of methoxy groups -OCH3 is 1. The van der Waals surface area contributed by atoms with Crippen LogP contribution in [0.5, 0.6) is 11.9 Å². The Morgan fingerprint density at radius 1 is 1.10 bits per heavy atom. The summed E-state index contributed by atoms with van der Waals surface area (Å²) in [4.78, 5) is 37.2. The van der Waals surface area contributed by atoms with Crippen molar-refractivity contribution in [2.75, 3.05) is 33.3 Å². The van der Waals surface area contributed by atoms with Gasteiger partial charge in [-0.05, 0) is 46.5 Å². The summed E-state index contributed by atoms with van der Waals surface area (Å²) in [6.07, 6.45) is 4.39. The number of ether oxygens (including phenoxy) is 3. The Morgan fingerprint density at radius 3 is 2.57 bits per heavy atom. The molecular formula is C21H32N4O5. The van der Waals surface area contributed by atoms with Crippen LogP contribution in [0.4, 0.5) is 4.79 Å². The quantitative estimate of drug-likeness (QED) is 0.739.